The second-order valence-electron chi connectivity index (χ2n) is 5.58. The molecule has 2 fully saturated rings. The van der Waals surface area contributed by atoms with Gasteiger partial charge in [0.25, 0.3) is 0 Å². The molecule has 0 unspecified atom stereocenters. The molecular formula is C15H18ClFN2S. The molecule has 0 spiro atoms. The topological polar surface area (TPSA) is 15.3 Å². The Morgan fingerprint density at radius 1 is 1.25 bits per heavy atom. The summed E-state index contributed by atoms with van der Waals surface area (Å²) in [5, 5.41) is 3.88. The molecule has 2 aliphatic rings. The Balaban J connectivity index is 1.76. The zero-order chi connectivity index (χ0) is 14.1. The number of nitrogens with zero attached hydrogens (tertiary/aromatic N) is 1. The first kappa shape index (κ1) is 14.1. The van der Waals surface area contributed by atoms with Crippen LogP contribution in [0.3, 0.4) is 0 Å². The van der Waals surface area contributed by atoms with E-state index >= 15 is 0 Å². The van der Waals surface area contributed by atoms with E-state index in [1.807, 2.05) is 12.1 Å². The van der Waals surface area contributed by atoms with Crippen LogP contribution in [0.15, 0.2) is 12.1 Å². The van der Waals surface area contributed by atoms with Gasteiger partial charge in [0, 0.05) is 13.1 Å². The predicted molar refractivity (Wildman–Crippen MR) is 85.0 cm³/mol. The number of nitrogens with one attached hydrogen (secondary N) is 1. The zero-order valence-electron chi connectivity index (χ0n) is 11.3. The third kappa shape index (κ3) is 2.63. The third-order valence-corrected chi connectivity index (χ3v) is 5.02. The van der Waals surface area contributed by atoms with Gasteiger partial charge in [-0.1, -0.05) is 24.1 Å². The highest BCUT2D eigenvalue weighted by molar-refractivity contribution is 7.80. The van der Waals surface area contributed by atoms with Gasteiger partial charge in [-0.05, 0) is 55.4 Å². The van der Waals surface area contributed by atoms with Crippen molar-refractivity contribution in [1.82, 2.24) is 4.90 Å². The van der Waals surface area contributed by atoms with Crippen molar-refractivity contribution in [2.75, 3.05) is 18.4 Å². The van der Waals surface area contributed by atoms with E-state index in [2.05, 4.69) is 10.2 Å². The molecule has 0 atom stereocenters. The Morgan fingerprint density at radius 2 is 1.95 bits per heavy atom. The summed E-state index contributed by atoms with van der Waals surface area (Å²) in [7, 11) is 0. The monoisotopic (exact) mass is 312 g/mol. The van der Waals surface area contributed by atoms with E-state index in [0.717, 1.165) is 44.3 Å². The average molecular weight is 313 g/mol. The molecule has 0 aromatic heterocycles. The van der Waals surface area contributed by atoms with Crippen molar-refractivity contribution < 1.29 is 4.39 Å². The quantitative estimate of drug-likeness (QED) is 0.807. The fourth-order valence-corrected chi connectivity index (χ4v) is 3.32. The molecule has 1 N–H and O–H groups in total. The van der Waals surface area contributed by atoms with E-state index in [9.17, 15) is 4.39 Å². The summed E-state index contributed by atoms with van der Waals surface area (Å²) in [6.07, 6.45) is 5.62. The molecule has 3 rings (SSSR count). The molecule has 5 heteroatoms. The second-order valence-corrected chi connectivity index (χ2v) is 6.35. The van der Waals surface area contributed by atoms with Crippen LogP contribution in [-0.2, 0) is 0 Å². The van der Waals surface area contributed by atoms with Crippen LogP contribution in [0.4, 0.5) is 10.1 Å². The van der Waals surface area contributed by atoms with Crippen molar-refractivity contribution in [3.05, 3.63) is 28.5 Å². The third-order valence-electron chi connectivity index (χ3n) is 4.29. The molecule has 1 aromatic carbocycles. The van der Waals surface area contributed by atoms with Gasteiger partial charge in [-0.3, -0.25) is 0 Å². The molecule has 0 amide bonds. The lowest BCUT2D eigenvalue weighted by Crippen LogP contribution is -2.32. The van der Waals surface area contributed by atoms with Gasteiger partial charge in [0.05, 0.1) is 5.69 Å². The standard InChI is InChI=1S/C15H18ClFN2S/c16-13-12(18-15(20)19-8-1-2-9-19)7-6-11(14(13)17)10-4-3-5-10/h6-7,10H,1-5,8-9H2,(H,18,20). The molecule has 2 nitrogen and oxygen atoms in total. The largest absolute Gasteiger partial charge is 0.349 e. The maximum atomic E-state index is 14.3. The van der Waals surface area contributed by atoms with Crippen LogP contribution in [0, 0.1) is 5.82 Å². The van der Waals surface area contributed by atoms with Gasteiger partial charge < -0.3 is 10.2 Å². The van der Waals surface area contributed by atoms with Crippen LogP contribution in [-0.4, -0.2) is 23.1 Å². The van der Waals surface area contributed by atoms with Crippen LogP contribution >= 0.6 is 23.8 Å². The fourth-order valence-electron chi connectivity index (χ4n) is 2.81. The van der Waals surface area contributed by atoms with Crippen molar-refractivity contribution in [3.8, 4) is 0 Å². The predicted octanol–water partition coefficient (Wildman–Crippen LogP) is 4.54. The second kappa shape index (κ2) is 5.86. The summed E-state index contributed by atoms with van der Waals surface area (Å²) in [5.41, 5.74) is 1.32. The minimum absolute atomic E-state index is 0.163. The number of benzene rings is 1. The lowest BCUT2D eigenvalue weighted by molar-refractivity contribution is 0.404. The summed E-state index contributed by atoms with van der Waals surface area (Å²) < 4.78 is 14.3. The number of halogens is 2. The lowest BCUT2D eigenvalue weighted by Gasteiger charge is -2.27. The van der Waals surface area contributed by atoms with Crippen LogP contribution in [0.2, 0.25) is 5.02 Å². The molecule has 1 aliphatic carbocycles. The molecule has 1 heterocycles. The van der Waals surface area contributed by atoms with E-state index in [0.29, 0.717) is 16.7 Å². The van der Waals surface area contributed by atoms with Gasteiger partial charge in [0.1, 0.15) is 10.8 Å². The Labute approximate surface area is 129 Å². The number of rotatable bonds is 2. The maximum Gasteiger partial charge on any atom is 0.173 e. The van der Waals surface area contributed by atoms with Gasteiger partial charge in [-0.15, -0.1) is 0 Å². The highest BCUT2D eigenvalue weighted by Crippen LogP contribution is 2.40. The van der Waals surface area contributed by atoms with E-state index < -0.39 is 0 Å². The van der Waals surface area contributed by atoms with Crippen LogP contribution < -0.4 is 5.32 Å². The summed E-state index contributed by atoms with van der Waals surface area (Å²) >= 11 is 11.5. The Kier molecular flexibility index (Phi) is 4.13. The maximum absolute atomic E-state index is 14.3. The Morgan fingerprint density at radius 3 is 2.55 bits per heavy atom. The fraction of sp³-hybridized carbons (Fsp3) is 0.533. The van der Waals surface area contributed by atoms with Gasteiger partial charge in [-0.2, -0.15) is 0 Å². The molecule has 0 radical (unpaired) electrons. The first-order chi connectivity index (χ1) is 9.66. The van der Waals surface area contributed by atoms with Gasteiger partial charge >= 0.3 is 0 Å². The molecule has 1 saturated carbocycles. The molecule has 108 valence electrons. The molecule has 20 heavy (non-hydrogen) atoms. The summed E-state index contributed by atoms with van der Waals surface area (Å²) in [5.74, 6) is 0.0534. The summed E-state index contributed by atoms with van der Waals surface area (Å²) in [6, 6.07) is 3.70. The van der Waals surface area contributed by atoms with Crippen molar-refractivity contribution in [3.63, 3.8) is 0 Å². The van der Waals surface area contributed by atoms with E-state index in [1.54, 1.807) is 0 Å². The highest BCUT2D eigenvalue weighted by atomic mass is 35.5. The Bertz CT molecular complexity index is 525. The summed E-state index contributed by atoms with van der Waals surface area (Å²) in [6.45, 7) is 1.93. The van der Waals surface area contributed by atoms with E-state index in [1.165, 1.54) is 6.42 Å². The highest BCUT2D eigenvalue weighted by Gasteiger charge is 2.25. The summed E-state index contributed by atoms with van der Waals surface area (Å²) in [4.78, 5) is 2.10. The van der Waals surface area contributed by atoms with Crippen LogP contribution in [0.1, 0.15) is 43.6 Å². The van der Waals surface area contributed by atoms with Gasteiger partial charge in [0.2, 0.25) is 0 Å². The smallest absolute Gasteiger partial charge is 0.173 e. The first-order valence-corrected chi connectivity index (χ1v) is 7.99. The van der Waals surface area contributed by atoms with Crippen LogP contribution in [0.25, 0.3) is 0 Å². The number of likely N-dealkylation sites (tertiary alicyclic amines) is 1. The average Bonchev–Trinajstić information content (AvgIpc) is 2.90. The zero-order valence-corrected chi connectivity index (χ0v) is 12.9. The molecule has 1 aliphatic heterocycles. The Hall–Kier alpha value is -0.870. The van der Waals surface area contributed by atoms with Crippen molar-refractivity contribution in [1.29, 1.82) is 0 Å². The first-order valence-electron chi connectivity index (χ1n) is 7.20. The van der Waals surface area contributed by atoms with Crippen molar-refractivity contribution in [2.45, 2.75) is 38.0 Å². The molecule has 0 bridgehead atoms. The number of anilines is 1. The van der Waals surface area contributed by atoms with Gasteiger partial charge in [-0.25, -0.2) is 4.39 Å². The number of hydrogen-bond donors (Lipinski definition) is 1. The number of hydrogen-bond acceptors (Lipinski definition) is 1. The lowest BCUT2D eigenvalue weighted by atomic mass is 9.80. The van der Waals surface area contributed by atoms with E-state index in [4.69, 9.17) is 23.8 Å². The SMILES string of the molecule is Fc1c(C2CCC2)ccc(NC(=S)N2CCCC2)c1Cl. The minimum Gasteiger partial charge on any atom is -0.349 e. The molecular weight excluding hydrogens is 295 g/mol. The normalized spacial score (nSPS) is 19.0. The number of thiocarbonyl (C=S) groups is 1. The minimum atomic E-state index is -0.286. The van der Waals surface area contributed by atoms with E-state index in [-0.39, 0.29) is 10.8 Å². The van der Waals surface area contributed by atoms with Gasteiger partial charge in [0.15, 0.2) is 5.11 Å². The van der Waals surface area contributed by atoms with Crippen LogP contribution in [0.5, 0.6) is 0 Å². The molecule has 1 saturated heterocycles. The van der Waals surface area contributed by atoms with Crippen molar-refractivity contribution >= 4 is 34.6 Å². The molecule has 1 aromatic rings. The van der Waals surface area contributed by atoms with Crippen molar-refractivity contribution in [2.24, 2.45) is 0 Å².